The summed E-state index contributed by atoms with van der Waals surface area (Å²) in [6.45, 7) is 11.6. The minimum absolute atomic E-state index is 0.0839. The maximum atomic E-state index is 6.72. The summed E-state index contributed by atoms with van der Waals surface area (Å²) in [7, 11) is 0. The van der Waals surface area contributed by atoms with Gasteiger partial charge in [0.1, 0.15) is 0 Å². The Morgan fingerprint density at radius 2 is 1.95 bits per heavy atom. The van der Waals surface area contributed by atoms with Crippen LogP contribution in [0.2, 0.25) is 0 Å². The molecular formula is C17H32N2. The van der Waals surface area contributed by atoms with Crippen molar-refractivity contribution in [2.75, 3.05) is 6.54 Å². The normalized spacial score (nSPS) is 29.7. The van der Waals surface area contributed by atoms with Crippen LogP contribution in [-0.2, 0) is 0 Å². The Bertz CT molecular complexity index is 341. The second kappa shape index (κ2) is 6.71. The van der Waals surface area contributed by atoms with E-state index >= 15 is 0 Å². The molecule has 19 heavy (non-hydrogen) atoms. The molecule has 0 bridgehead atoms. The SMILES string of the molecule is C=C1CCCC/C(C)=C\CC[C@]1(N)CC(C)(C)CN. The quantitative estimate of drug-likeness (QED) is 0.759. The lowest BCUT2D eigenvalue weighted by atomic mass is 9.72. The molecule has 4 N–H and O–H groups in total. The van der Waals surface area contributed by atoms with Crippen LogP contribution in [-0.4, -0.2) is 12.1 Å². The average Bonchev–Trinajstić information content (AvgIpc) is 2.33. The summed E-state index contributed by atoms with van der Waals surface area (Å²) in [6.07, 6.45) is 10.1. The minimum atomic E-state index is -0.253. The van der Waals surface area contributed by atoms with E-state index in [1.165, 1.54) is 30.4 Å². The molecule has 0 aromatic rings. The summed E-state index contributed by atoms with van der Waals surface area (Å²) in [5, 5.41) is 0. The zero-order chi connectivity index (χ0) is 14.5. The third kappa shape index (κ3) is 5.12. The van der Waals surface area contributed by atoms with Crippen molar-refractivity contribution in [3.63, 3.8) is 0 Å². The highest BCUT2D eigenvalue weighted by molar-refractivity contribution is 5.18. The molecule has 0 fully saturated rings. The molecule has 0 saturated heterocycles. The number of allylic oxidation sites excluding steroid dienone is 2. The van der Waals surface area contributed by atoms with Crippen LogP contribution >= 0.6 is 0 Å². The number of hydrogen-bond donors (Lipinski definition) is 2. The average molecular weight is 264 g/mol. The van der Waals surface area contributed by atoms with Gasteiger partial charge in [-0.25, -0.2) is 0 Å². The van der Waals surface area contributed by atoms with Gasteiger partial charge in [0.15, 0.2) is 0 Å². The summed E-state index contributed by atoms with van der Waals surface area (Å²) < 4.78 is 0. The largest absolute Gasteiger partial charge is 0.330 e. The molecule has 0 heterocycles. The van der Waals surface area contributed by atoms with Crippen molar-refractivity contribution in [3.05, 3.63) is 23.8 Å². The van der Waals surface area contributed by atoms with Crippen molar-refractivity contribution in [1.29, 1.82) is 0 Å². The fourth-order valence-corrected chi connectivity index (χ4v) is 2.99. The van der Waals surface area contributed by atoms with Gasteiger partial charge in [-0.3, -0.25) is 0 Å². The smallest absolute Gasteiger partial charge is 0.0374 e. The van der Waals surface area contributed by atoms with E-state index < -0.39 is 0 Å². The van der Waals surface area contributed by atoms with E-state index in [4.69, 9.17) is 11.5 Å². The molecule has 0 aromatic heterocycles. The second-order valence-corrected chi connectivity index (χ2v) is 7.10. The lowest BCUT2D eigenvalue weighted by Gasteiger charge is -2.39. The molecule has 0 spiro atoms. The van der Waals surface area contributed by atoms with E-state index in [1.54, 1.807) is 0 Å². The van der Waals surface area contributed by atoms with E-state index in [1.807, 2.05) is 0 Å². The Labute approximate surface area is 119 Å². The molecule has 110 valence electrons. The molecule has 0 saturated carbocycles. The number of hydrogen-bond acceptors (Lipinski definition) is 2. The van der Waals surface area contributed by atoms with Crippen molar-refractivity contribution in [2.24, 2.45) is 16.9 Å². The Kier molecular flexibility index (Phi) is 5.82. The first-order valence-corrected chi connectivity index (χ1v) is 7.62. The summed E-state index contributed by atoms with van der Waals surface area (Å²) in [4.78, 5) is 0. The van der Waals surface area contributed by atoms with Crippen LogP contribution in [0.1, 0.15) is 65.7 Å². The van der Waals surface area contributed by atoms with Crippen molar-refractivity contribution < 1.29 is 0 Å². The van der Waals surface area contributed by atoms with Gasteiger partial charge in [0.05, 0.1) is 0 Å². The van der Waals surface area contributed by atoms with Crippen LogP contribution in [0, 0.1) is 5.41 Å². The van der Waals surface area contributed by atoms with Crippen LogP contribution in [0.5, 0.6) is 0 Å². The zero-order valence-corrected chi connectivity index (χ0v) is 13.1. The van der Waals surface area contributed by atoms with Crippen LogP contribution in [0.4, 0.5) is 0 Å². The Morgan fingerprint density at radius 3 is 2.58 bits per heavy atom. The lowest BCUT2D eigenvalue weighted by molar-refractivity contribution is 0.252. The first kappa shape index (κ1) is 16.5. The zero-order valence-electron chi connectivity index (χ0n) is 13.1. The van der Waals surface area contributed by atoms with Gasteiger partial charge in [0.25, 0.3) is 0 Å². The monoisotopic (exact) mass is 264 g/mol. The molecule has 0 amide bonds. The van der Waals surface area contributed by atoms with E-state index in [0.717, 1.165) is 25.7 Å². The van der Waals surface area contributed by atoms with Gasteiger partial charge >= 0.3 is 0 Å². The third-order valence-electron chi connectivity index (χ3n) is 4.43. The molecule has 1 atom stereocenters. The van der Waals surface area contributed by atoms with E-state index in [2.05, 4.69) is 33.4 Å². The van der Waals surface area contributed by atoms with Crippen molar-refractivity contribution in [3.8, 4) is 0 Å². The van der Waals surface area contributed by atoms with Gasteiger partial charge < -0.3 is 11.5 Å². The van der Waals surface area contributed by atoms with Gasteiger partial charge in [-0.15, -0.1) is 0 Å². The summed E-state index contributed by atoms with van der Waals surface area (Å²) in [6, 6.07) is 0. The predicted molar refractivity (Wildman–Crippen MR) is 85.0 cm³/mol. The maximum absolute atomic E-state index is 6.72. The summed E-state index contributed by atoms with van der Waals surface area (Å²) in [5.41, 5.74) is 15.2. The van der Waals surface area contributed by atoms with Crippen LogP contribution in [0.15, 0.2) is 23.8 Å². The highest BCUT2D eigenvalue weighted by Gasteiger charge is 2.34. The highest BCUT2D eigenvalue weighted by Crippen LogP contribution is 2.36. The van der Waals surface area contributed by atoms with Crippen molar-refractivity contribution >= 4 is 0 Å². The molecule has 0 unspecified atom stereocenters. The molecule has 0 aromatic carbocycles. The van der Waals surface area contributed by atoms with Crippen molar-refractivity contribution in [2.45, 2.75) is 71.3 Å². The lowest BCUT2D eigenvalue weighted by Crippen LogP contribution is -2.47. The standard InChI is InChI=1S/C17H32N2/c1-14-8-5-6-10-15(2)17(19,11-7-9-14)12-16(3,4)13-18/h9H,2,5-8,10-13,18-19H2,1,3-4H3/b14-9-/t17-/m0/s1. The fraction of sp³-hybridized carbons (Fsp3) is 0.765. The van der Waals surface area contributed by atoms with Gasteiger partial charge in [-0.05, 0) is 63.8 Å². The van der Waals surface area contributed by atoms with E-state index in [-0.39, 0.29) is 11.0 Å². The number of nitrogens with two attached hydrogens (primary N) is 2. The second-order valence-electron chi connectivity index (χ2n) is 7.10. The molecule has 0 aliphatic heterocycles. The molecule has 0 radical (unpaired) electrons. The molecule has 1 rings (SSSR count). The summed E-state index contributed by atoms with van der Waals surface area (Å²) in [5.74, 6) is 0. The molecular weight excluding hydrogens is 232 g/mol. The Morgan fingerprint density at radius 1 is 1.32 bits per heavy atom. The van der Waals surface area contributed by atoms with E-state index in [0.29, 0.717) is 6.54 Å². The van der Waals surface area contributed by atoms with Crippen LogP contribution in [0.25, 0.3) is 0 Å². The molecule has 1 aliphatic rings. The Hall–Kier alpha value is -0.600. The third-order valence-corrected chi connectivity index (χ3v) is 4.43. The van der Waals surface area contributed by atoms with Gasteiger partial charge in [-0.1, -0.05) is 37.6 Å². The molecule has 2 nitrogen and oxygen atoms in total. The molecule has 2 heteroatoms. The highest BCUT2D eigenvalue weighted by atomic mass is 14.8. The molecule has 1 aliphatic carbocycles. The Balaban J connectivity index is 2.85. The topological polar surface area (TPSA) is 52.0 Å². The number of rotatable bonds is 3. The first-order valence-electron chi connectivity index (χ1n) is 7.62. The summed E-state index contributed by atoms with van der Waals surface area (Å²) >= 11 is 0. The van der Waals surface area contributed by atoms with Gasteiger partial charge in [0, 0.05) is 5.54 Å². The van der Waals surface area contributed by atoms with Gasteiger partial charge in [0.2, 0.25) is 0 Å². The van der Waals surface area contributed by atoms with E-state index in [9.17, 15) is 0 Å². The fourth-order valence-electron chi connectivity index (χ4n) is 2.99. The van der Waals surface area contributed by atoms with Gasteiger partial charge in [-0.2, -0.15) is 0 Å². The van der Waals surface area contributed by atoms with Crippen molar-refractivity contribution in [1.82, 2.24) is 0 Å². The maximum Gasteiger partial charge on any atom is 0.0374 e. The first-order chi connectivity index (χ1) is 8.79. The minimum Gasteiger partial charge on any atom is -0.330 e. The predicted octanol–water partition coefficient (Wildman–Crippen LogP) is 3.92. The van der Waals surface area contributed by atoms with Crippen LogP contribution < -0.4 is 11.5 Å². The van der Waals surface area contributed by atoms with Crippen LogP contribution in [0.3, 0.4) is 0 Å².